The summed E-state index contributed by atoms with van der Waals surface area (Å²) in [7, 11) is -3.71. The minimum absolute atomic E-state index is 0.115. The summed E-state index contributed by atoms with van der Waals surface area (Å²) in [5.41, 5.74) is 2.87. The van der Waals surface area contributed by atoms with Crippen LogP contribution >= 0.6 is 0 Å². The highest BCUT2D eigenvalue weighted by Crippen LogP contribution is 2.22. The summed E-state index contributed by atoms with van der Waals surface area (Å²) in [6.45, 7) is 8.01. The Hall–Kier alpha value is -2.38. The average Bonchev–Trinajstić information content (AvgIpc) is 2.65. The van der Waals surface area contributed by atoms with Gasteiger partial charge in [0.25, 0.3) is 15.9 Å². The molecule has 2 aromatic rings. The van der Waals surface area contributed by atoms with Crippen molar-refractivity contribution in [3.63, 3.8) is 0 Å². The van der Waals surface area contributed by atoms with Crippen molar-refractivity contribution in [1.29, 1.82) is 0 Å². The second-order valence-electron chi connectivity index (χ2n) is 6.38. The number of carbonyl (C=O) groups is 1. The van der Waals surface area contributed by atoms with Crippen LogP contribution in [0.4, 0.5) is 5.69 Å². The minimum atomic E-state index is -3.71. The zero-order valence-corrected chi connectivity index (χ0v) is 16.8. The molecule has 0 fully saturated rings. The van der Waals surface area contributed by atoms with Gasteiger partial charge in [0.15, 0.2) is 0 Å². The van der Waals surface area contributed by atoms with Crippen molar-refractivity contribution in [2.45, 2.75) is 32.1 Å². The Kier molecular flexibility index (Phi) is 7.38. The molecule has 0 saturated carbocycles. The largest absolute Gasteiger partial charge is 0.351 e. The van der Waals surface area contributed by atoms with E-state index in [-0.39, 0.29) is 10.8 Å². The smallest absolute Gasteiger partial charge is 0.261 e. The highest BCUT2D eigenvalue weighted by molar-refractivity contribution is 7.92. The summed E-state index contributed by atoms with van der Waals surface area (Å²) in [4.78, 5) is 12.2. The molecule has 0 heterocycles. The summed E-state index contributed by atoms with van der Waals surface area (Å²) >= 11 is 0. The first kappa shape index (κ1) is 20.9. The molecular formula is C20H27N3O3S. The highest BCUT2D eigenvalue weighted by atomic mass is 32.2. The van der Waals surface area contributed by atoms with Crippen LogP contribution in [-0.2, 0) is 10.0 Å². The Labute approximate surface area is 161 Å². The number of rotatable bonds is 9. The summed E-state index contributed by atoms with van der Waals surface area (Å²) in [6, 6.07) is 11.4. The highest BCUT2D eigenvalue weighted by Gasteiger charge is 2.16. The maximum atomic E-state index is 12.6. The molecule has 0 saturated heterocycles. The van der Waals surface area contributed by atoms with Crippen molar-refractivity contribution in [1.82, 2.24) is 10.6 Å². The number of nitrogens with one attached hydrogen (secondary N) is 3. The molecule has 0 aliphatic rings. The molecule has 0 unspecified atom stereocenters. The van der Waals surface area contributed by atoms with Crippen molar-refractivity contribution in [3.05, 3.63) is 59.2 Å². The first-order chi connectivity index (χ1) is 12.8. The van der Waals surface area contributed by atoms with Crippen molar-refractivity contribution >= 4 is 21.6 Å². The standard InChI is InChI=1S/C20H27N3O3S/c1-4-12-21-13-14-22-20(24)17-8-10-18(11-9-17)27(25,26)23-19-7-5-6-15(2)16(19)3/h5-11,21,23H,4,12-14H2,1-3H3,(H,22,24). The van der Waals surface area contributed by atoms with Gasteiger partial charge in [-0.2, -0.15) is 0 Å². The molecule has 27 heavy (non-hydrogen) atoms. The van der Waals surface area contributed by atoms with Gasteiger partial charge in [-0.25, -0.2) is 8.42 Å². The molecule has 2 aromatic carbocycles. The molecule has 6 nitrogen and oxygen atoms in total. The zero-order valence-electron chi connectivity index (χ0n) is 16.0. The molecule has 146 valence electrons. The SMILES string of the molecule is CCCNCCNC(=O)c1ccc(S(=O)(=O)Nc2cccc(C)c2C)cc1. The summed E-state index contributed by atoms with van der Waals surface area (Å²) in [5, 5.41) is 6.00. The maximum Gasteiger partial charge on any atom is 0.261 e. The molecule has 0 atom stereocenters. The Morgan fingerprint density at radius 3 is 2.33 bits per heavy atom. The van der Waals surface area contributed by atoms with E-state index in [4.69, 9.17) is 0 Å². The quantitative estimate of drug-likeness (QED) is 0.576. The number of hydrogen-bond acceptors (Lipinski definition) is 4. The van der Waals surface area contributed by atoms with Crippen LogP contribution in [0, 0.1) is 13.8 Å². The Bertz CT molecular complexity index is 878. The maximum absolute atomic E-state index is 12.6. The molecule has 0 bridgehead atoms. The summed E-state index contributed by atoms with van der Waals surface area (Å²) in [6.07, 6.45) is 1.04. The lowest BCUT2D eigenvalue weighted by Gasteiger charge is -2.12. The van der Waals surface area contributed by atoms with Gasteiger partial charge in [0.2, 0.25) is 0 Å². The number of benzene rings is 2. The molecule has 0 aliphatic carbocycles. The molecule has 2 rings (SSSR count). The molecular weight excluding hydrogens is 362 g/mol. The Morgan fingerprint density at radius 2 is 1.67 bits per heavy atom. The van der Waals surface area contributed by atoms with Crippen LogP contribution in [0.3, 0.4) is 0 Å². The van der Waals surface area contributed by atoms with Crippen LogP contribution in [0.5, 0.6) is 0 Å². The first-order valence-electron chi connectivity index (χ1n) is 9.03. The van der Waals surface area contributed by atoms with Gasteiger partial charge in [-0.15, -0.1) is 0 Å². The molecule has 3 N–H and O–H groups in total. The van der Waals surface area contributed by atoms with E-state index < -0.39 is 10.0 Å². The lowest BCUT2D eigenvalue weighted by Crippen LogP contribution is -2.32. The lowest BCUT2D eigenvalue weighted by atomic mass is 10.1. The van der Waals surface area contributed by atoms with Crippen LogP contribution in [0.1, 0.15) is 34.8 Å². The molecule has 0 radical (unpaired) electrons. The normalized spacial score (nSPS) is 11.2. The second kappa shape index (κ2) is 9.53. The van der Waals surface area contributed by atoms with Gasteiger partial charge in [0.1, 0.15) is 0 Å². The molecule has 1 amide bonds. The number of anilines is 1. The zero-order chi connectivity index (χ0) is 19.9. The minimum Gasteiger partial charge on any atom is -0.351 e. The second-order valence-corrected chi connectivity index (χ2v) is 8.07. The number of hydrogen-bond donors (Lipinski definition) is 3. The Balaban J connectivity index is 2.03. The third-order valence-corrected chi connectivity index (χ3v) is 5.67. The van der Waals surface area contributed by atoms with Gasteiger partial charge in [-0.1, -0.05) is 19.1 Å². The van der Waals surface area contributed by atoms with Crippen molar-refractivity contribution in [2.75, 3.05) is 24.4 Å². The third-order valence-electron chi connectivity index (χ3n) is 4.29. The van der Waals surface area contributed by atoms with Gasteiger partial charge in [-0.05, 0) is 68.3 Å². The van der Waals surface area contributed by atoms with Crippen LogP contribution in [0.25, 0.3) is 0 Å². The average molecular weight is 390 g/mol. The predicted molar refractivity (Wildman–Crippen MR) is 109 cm³/mol. The Morgan fingerprint density at radius 1 is 0.963 bits per heavy atom. The van der Waals surface area contributed by atoms with Crippen LogP contribution in [-0.4, -0.2) is 34.0 Å². The van der Waals surface area contributed by atoms with E-state index in [1.807, 2.05) is 26.0 Å². The predicted octanol–water partition coefficient (Wildman–Crippen LogP) is 2.83. The van der Waals surface area contributed by atoms with Crippen LogP contribution in [0.15, 0.2) is 47.4 Å². The molecule has 0 aliphatic heterocycles. The van der Waals surface area contributed by atoms with Crippen LogP contribution in [0.2, 0.25) is 0 Å². The molecule has 0 aromatic heterocycles. The monoisotopic (exact) mass is 389 g/mol. The van der Waals surface area contributed by atoms with E-state index in [1.54, 1.807) is 6.07 Å². The summed E-state index contributed by atoms with van der Waals surface area (Å²) < 4.78 is 27.8. The fourth-order valence-corrected chi connectivity index (χ4v) is 3.64. The van der Waals surface area contributed by atoms with Crippen molar-refractivity contribution < 1.29 is 13.2 Å². The number of aryl methyl sites for hydroxylation is 1. The van der Waals surface area contributed by atoms with Gasteiger partial charge < -0.3 is 10.6 Å². The van der Waals surface area contributed by atoms with Gasteiger partial charge in [0.05, 0.1) is 10.6 Å². The summed E-state index contributed by atoms with van der Waals surface area (Å²) in [5.74, 6) is -0.222. The topological polar surface area (TPSA) is 87.3 Å². The van der Waals surface area contributed by atoms with E-state index in [2.05, 4.69) is 22.3 Å². The van der Waals surface area contributed by atoms with E-state index in [1.165, 1.54) is 24.3 Å². The van der Waals surface area contributed by atoms with Gasteiger partial charge in [0, 0.05) is 18.7 Å². The van der Waals surface area contributed by atoms with Crippen LogP contribution < -0.4 is 15.4 Å². The fourth-order valence-electron chi connectivity index (χ4n) is 2.52. The van der Waals surface area contributed by atoms with E-state index >= 15 is 0 Å². The van der Waals surface area contributed by atoms with Gasteiger partial charge in [-0.3, -0.25) is 9.52 Å². The number of sulfonamides is 1. The van der Waals surface area contributed by atoms with Crippen molar-refractivity contribution in [2.24, 2.45) is 0 Å². The first-order valence-corrected chi connectivity index (χ1v) is 10.5. The van der Waals surface area contributed by atoms with E-state index in [9.17, 15) is 13.2 Å². The molecule has 0 spiro atoms. The van der Waals surface area contributed by atoms with Crippen molar-refractivity contribution in [3.8, 4) is 0 Å². The number of amides is 1. The third kappa shape index (κ3) is 5.80. The fraction of sp³-hybridized carbons (Fsp3) is 0.350. The number of carbonyl (C=O) groups excluding carboxylic acids is 1. The van der Waals surface area contributed by atoms with E-state index in [0.717, 1.165) is 24.1 Å². The lowest BCUT2D eigenvalue weighted by molar-refractivity contribution is 0.0954. The van der Waals surface area contributed by atoms with E-state index in [0.29, 0.717) is 24.3 Å². The van der Waals surface area contributed by atoms with Gasteiger partial charge >= 0.3 is 0 Å². The molecule has 7 heteroatoms.